The van der Waals surface area contributed by atoms with Crippen LogP contribution >= 0.6 is 0 Å². The van der Waals surface area contributed by atoms with Crippen molar-refractivity contribution in [3.63, 3.8) is 0 Å². The van der Waals surface area contributed by atoms with Crippen LogP contribution in [0.25, 0.3) is 10.8 Å². The van der Waals surface area contributed by atoms with Gasteiger partial charge in [-0.15, -0.1) is 0 Å². The first kappa shape index (κ1) is 21.3. The van der Waals surface area contributed by atoms with Crippen molar-refractivity contribution in [1.82, 2.24) is 10.3 Å². The van der Waals surface area contributed by atoms with Crippen molar-refractivity contribution in [3.05, 3.63) is 72.1 Å². The monoisotopic (exact) mass is 448 g/mol. The molecule has 0 unspecified atom stereocenters. The molecule has 3 aromatic rings. The van der Waals surface area contributed by atoms with Crippen molar-refractivity contribution in [1.29, 1.82) is 0 Å². The SMILES string of the molecule is O=C(Cc1ccc2cnccc2c1)[C@@H]1C[C@H]1c1ccc(S(=O)(=O)CC2CCNCC2)cc1. The van der Waals surface area contributed by atoms with Gasteiger partial charge in [0.1, 0.15) is 5.78 Å². The summed E-state index contributed by atoms with van der Waals surface area (Å²) in [5.74, 6) is 0.942. The highest BCUT2D eigenvalue weighted by atomic mass is 32.2. The van der Waals surface area contributed by atoms with E-state index in [4.69, 9.17) is 0 Å². The molecule has 2 aliphatic rings. The fourth-order valence-corrected chi connectivity index (χ4v) is 6.57. The number of Topliss-reactive ketones (excluding diaryl/α,β-unsaturated/α-hetero) is 1. The summed E-state index contributed by atoms with van der Waals surface area (Å²) in [5.41, 5.74) is 2.09. The number of fused-ring (bicyclic) bond motifs is 1. The molecule has 1 N–H and O–H groups in total. The van der Waals surface area contributed by atoms with Gasteiger partial charge in [-0.1, -0.05) is 30.3 Å². The minimum absolute atomic E-state index is 0.0281. The average Bonchev–Trinajstić information content (AvgIpc) is 3.61. The Hall–Kier alpha value is -2.57. The van der Waals surface area contributed by atoms with Crippen molar-refractivity contribution in [2.24, 2.45) is 11.8 Å². The van der Waals surface area contributed by atoms with Crippen molar-refractivity contribution in [2.75, 3.05) is 18.8 Å². The fourth-order valence-electron chi connectivity index (χ4n) is 4.87. The lowest BCUT2D eigenvalue weighted by Crippen LogP contribution is -2.31. The van der Waals surface area contributed by atoms with Gasteiger partial charge < -0.3 is 5.32 Å². The highest BCUT2D eigenvalue weighted by Crippen LogP contribution is 2.48. The molecule has 32 heavy (non-hydrogen) atoms. The van der Waals surface area contributed by atoms with E-state index in [1.807, 2.05) is 36.5 Å². The normalized spacial score (nSPS) is 21.5. The molecule has 0 bridgehead atoms. The Kier molecular flexibility index (Phi) is 5.82. The summed E-state index contributed by atoms with van der Waals surface area (Å²) in [6, 6.07) is 15.3. The van der Waals surface area contributed by atoms with Gasteiger partial charge >= 0.3 is 0 Å². The van der Waals surface area contributed by atoms with E-state index in [0.717, 1.165) is 54.3 Å². The third-order valence-corrected chi connectivity index (χ3v) is 8.77. The Bertz CT molecular complexity index is 1230. The van der Waals surface area contributed by atoms with Gasteiger partial charge in [0.2, 0.25) is 0 Å². The highest BCUT2D eigenvalue weighted by molar-refractivity contribution is 7.91. The Morgan fingerprint density at radius 2 is 1.78 bits per heavy atom. The molecule has 1 aliphatic heterocycles. The quantitative estimate of drug-likeness (QED) is 0.593. The van der Waals surface area contributed by atoms with Crippen molar-refractivity contribution in [2.45, 2.75) is 36.5 Å². The maximum absolute atomic E-state index is 12.8. The second kappa shape index (κ2) is 8.75. The molecule has 2 aromatic carbocycles. The molecule has 1 aliphatic carbocycles. The van der Waals surface area contributed by atoms with E-state index in [0.29, 0.717) is 11.3 Å². The number of carbonyl (C=O) groups is 1. The zero-order chi connectivity index (χ0) is 22.1. The van der Waals surface area contributed by atoms with Crippen molar-refractivity contribution in [3.8, 4) is 0 Å². The molecular formula is C26H28N2O3S. The van der Waals surface area contributed by atoms with Crippen LogP contribution < -0.4 is 5.32 Å². The maximum atomic E-state index is 12.8. The standard InChI is InChI=1S/C26H28N2O3S/c29-26(14-19-1-2-22-16-28-12-9-21(22)13-19)25-15-24(25)20-3-5-23(6-4-20)32(30,31)17-18-7-10-27-11-8-18/h1-6,9,12-13,16,18,24-25,27H,7-8,10-11,14-15,17H2/t24-,25+/m0/s1. The predicted molar refractivity (Wildman–Crippen MR) is 125 cm³/mol. The zero-order valence-electron chi connectivity index (χ0n) is 18.0. The molecule has 1 saturated carbocycles. The van der Waals surface area contributed by atoms with Crippen molar-refractivity contribution >= 4 is 26.4 Å². The highest BCUT2D eigenvalue weighted by Gasteiger charge is 2.43. The first-order chi connectivity index (χ1) is 15.5. The first-order valence-electron chi connectivity index (χ1n) is 11.4. The van der Waals surface area contributed by atoms with Gasteiger partial charge in [0.05, 0.1) is 10.6 Å². The van der Waals surface area contributed by atoms with Crippen LogP contribution in [0, 0.1) is 11.8 Å². The molecule has 6 heteroatoms. The van der Waals surface area contributed by atoms with Crippen LogP contribution in [0.1, 0.15) is 36.3 Å². The largest absolute Gasteiger partial charge is 0.317 e. The Balaban J connectivity index is 1.21. The van der Waals surface area contributed by atoms with Crippen LogP contribution in [-0.2, 0) is 21.1 Å². The molecule has 0 spiro atoms. The molecule has 1 saturated heterocycles. The minimum atomic E-state index is -3.27. The van der Waals surface area contributed by atoms with E-state index < -0.39 is 9.84 Å². The average molecular weight is 449 g/mol. The molecular weight excluding hydrogens is 420 g/mol. The molecule has 2 heterocycles. The summed E-state index contributed by atoms with van der Waals surface area (Å²) in [5, 5.41) is 5.45. The number of aromatic nitrogens is 1. The van der Waals surface area contributed by atoms with E-state index in [2.05, 4.69) is 16.4 Å². The Labute approximate surface area is 189 Å². The van der Waals surface area contributed by atoms with Crippen molar-refractivity contribution < 1.29 is 13.2 Å². The number of hydrogen-bond donors (Lipinski definition) is 1. The number of rotatable bonds is 7. The second-order valence-corrected chi connectivity index (χ2v) is 11.2. The lowest BCUT2D eigenvalue weighted by Gasteiger charge is -2.22. The first-order valence-corrected chi connectivity index (χ1v) is 13.0. The molecule has 1 aromatic heterocycles. The number of nitrogens with zero attached hydrogens (tertiary/aromatic N) is 1. The van der Waals surface area contributed by atoms with Crippen LogP contribution in [-0.4, -0.2) is 38.0 Å². The zero-order valence-corrected chi connectivity index (χ0v) is 18.9. The summed E-state index contributed by atoms with van der Waals surface area (Å²) in [6.07, 6.45) is 6.70. The number of piperidine rings is 1. The number of sulfone groups is 1. The van der Waals surface area contributed by atoms with Gasteiger partial charge in [-0.05, 0) is 78.9 Å². The van der Waals surface area contributed by atoms with Gasteiger partial charge in [-0.2, -0.15) is 0 Å². The van der Waals surface area contributed by atoms with E-state index >= 15 is 0 Å². The lowest BCUT2D eigenvalue weighted by atomic mass is 10.0. The number of pyridine rings is 1. The lowest BCUT2D eigenvalue weighted by molar-refractivity contribution is -0.119. The number of hydrogen-bond acceptors (Lipinski definition) is 5. The Morgan fingerprint density at radius 1 is 1.00 bits per heavy atom. The number of benzene rings is 2. The third-order valence-electron chi connectivity index (χ3n) is 6.87. The summed E-state index contributed by atoms with van der Waals surface area (Å²) in [4.78, 5) is 17.4. The number of carbonyl (C=O) groups excluding carboxylic acids is 1. The van der Waals surface area contributed by atoms with Crippen LogP contribution in [0.3, 0.4) is 0 Å². The van der Waals surface area contributed by atoms with Crippen LogP contribution in [0.15, 0.2) is 65.8 Å². The third kappa shape index (κ3) is 4.62. The molecule has 166 valence electrons. The Morgan fingerprint density at radius 3 is 2.56 bits per heavy atom. The van der Waals surface area contributed by atoms with E-state index in [1.165, 1.54) is 0 Å². The summed E-state index contributed by atoms with van der Waals surface area (Å²) in [7, 11) is -3.27. The van der Waals surface area contributed by atoms with E-state index in [1.54, 1.807) is 18.3 Å². The van der Waals surface area contributed by atoms with E-state index in [-0.39, 0.29) is 29.3 Å². The topological polar surface area (TPSA) is 76.1 Å². The summed E-state index contributed by atoms with van der Waals surface area (Å²) >= 11 is 0. The van der Waals surface area contributed by atoms with Gasteiger partial charge in [-0.25, -0.2) is 8.42 Å². The molecule has 2 fully saturated rings. The van der Waals surface area contributed by atoms with Crippen LogP contribution in [0.4, 0.5) is 0 Å². The molecule has 2 atom stereocenters. The van der Waals surface area contributed by atoms with Gasteiger partial charge in [0.15, 0.2) is 9.84 Å². The molecule has 0 radical (unpaired) electrons. The minimum Gasteiger partial charge on any atom is -0.317 e. The van der Waals surface area contributed by atoms with Gasteiger partial charge in [0, 0.05) is 30.1 Å². The van der Waals surface area contributed by atoms with Crippen LogP contribution in [0.5, 0.6) is 0 Å². The van der Waals surface area contributed by atoms with E-state index in [9.17, 15) is 13.2 Å². The number of nitrogens with one attached hydrogen (secondary N) is 1. The molecule has 0 amide bonds. The number of ketones is 1. The predicted octanol–water partition coefficient (Wildman–Crippen LogP) is 3.92. The smallest absolute Gasteiger partial charge is 0.178 e. The summed E-state index contributed by atoms with van der Waals surface area (Å²) in [6.45, 7) is 1.79. The maximum Gasteiger partial charge on any atom is 0.178 e. The molecule has 5 nitrogen and oxygen atoms in total. The van der Waals surface area contributed by atoms with Gasteiger partial charge in [0.25, 0.3) is 0 Å². The summed E-state index contributed by atoms with van der Waals surface area (Å²) < 4.78 is 25.6. The van der Waals surface area contributed by atoms with Gasteiger partial charge in [-0.3, -0.25) is 9.78 Å². The second-order valence-electron chi connectivity index (χ2n) is 9.19. The van der Waals surface area contributed by atoms with Crippen LogP contribution in [0.2, 0.25) is 0 Å². The molecule has 5 rings (SSSR count). The fraction of sp³-hybridized carbons (Fsp3) is 0.385.